The molecule has 1 N–H and O–H groups in total. The summed E-state index contributed by atoms with van der Waals surface area (Å²) in [6, 6.07) is 5.39. The van der Waals surface area contributed by atoms with E-state index in [1.165, 1.54) is 29.2 Å². The highest BCUT2D eigenvalue weighted by molar-refractivity contribution is 7.99. The van der Waals surface area contributed by atoms with Crippen LogP contribution in [0.1, 0.15) is 12.7 Å². The number of thiazole rings is 1. The molecule has 0 aliphatic heterocycles. The van der Waals surface area contributed by atoms with E-state index >= 15 is 0 Å². The topological polar surface area (TPSA) is 85.8 Å². The first kappa shape index (κ1) is 21.2. The Bertz CT molecular complexity index is 1230. The Kier molecular flexibility index (Phi) is 6.14. The van der Waals surface area contributed by atoms with Crippen LogP contribution in [0, 0.1) is 18.6 Å². The van der Waals surface area contributed by atoms with Gasteiger partial charge in [0.05, 0.1) is 23.3 Å². The third-order valence-corrected chi connectivity index (χ3v) is 6.16. The minimum Gasteiger partial charge on any atom is -0.469 e. The van der Waals surface area contributed by atoms with Crippen molar-refractivity contribution in [2.24, 2.45) is 0 Å². The number of halogens is 2. The molecule has 7 nitrogen and oxygen atoms in total. The van der Waals surface area contributed by atoms with E-state index in [1.54, 1.807) is 11.6 Å². The lowest BCUT2D eigenvalue weighted by Gasteiger charge is -2.06. The zero-order valence-corrected chi connectivity index (χ0v) is 18.2. The maximum absolute atomic E-state index is 13.4. The number of rotatable bonds is 7. The fraction of sp³-hybridized carbons (Fsp3) is 0.200. The zero-order valence-electron chi connectivity index (χ0n) is 16.6. The summed E-state index contributed by atoms with van der Waals surface area (Å²) in [5.41, 5.74) is 1.75. The highest BCUT2D eigenvalue weighted by Gasteiger charge is 2.18. The largest absolute Gasteiger partial charge is 0.469 e. The Morgan fingerprint density at radius 3 is 2.81 bits per heavy atom. The second-order valence-electron chi connectivity index (χ2n) is 6.44. The first-order valence-corrected chi connectivity index (χ1v) is 11.1. The van der Waals surface area contributed by atoms with Gasteiger partial charge in [-0.25, -0.2) is 13.8 Å². The van der Waals surface area contributed by atoms with Gasteiger partial charge in [0.25, 0.3) is 0 Å². The Balaban J connectivity index is 1.40. The zero-order chi connectivity index (χ0) is 22.0. The van der Waals surface area contributed by atoms with Gasteiger partial charge in [-0.15, -0.1) is 21.5 Å². The molecule has 0 unspecified atom stereocenters. The van der Waals surface area contributed by atoms with Gasteiger partial charge < -0.3 is 14.3 Å². The normalized spacial score (nSPS) is 11.1. The fourth-order valence-corrected chi connectivity index (χ4v) is 4.44. The number of hydrogen-bond donors (Lipinski definition) is 1. The third kappa shape index (κ3) is 4.52. The van der Waals surface area contributed by atoms with Crippen LogP contribution in [0.25, 0.3) is 22.6 Å². The van der Waals surface area contributed by atoms with E-state index < -0.39 is 11.6 Å². The number of nitrogens with zero attached hydrogens (tertiary/aromatic N) is 4. The number of nitrogens with one attached hydrogen (secondary N) is 1. The van der Waals surface area contributed by atoms with Crippen molar-refractivity contribution in [1.82, 2.24) is 19.7 Å². The minimum atomic E-state index is -0.947. The maximum Gasteiger partial charge on any atom is 0.236 e. The molecule has 11 heteroatoms. The average molecular weight is 462 g/mol. The lowest BCUT2D eigenvalue weighted by molar-refractivity contribution is -0.113. The highest BCUT2D eigenvalue weighted by atomic mass is 32.2. The summed E-state index contributed by atoms with van der Waals surface area (Å²) >= 11 is 2.47. The number of furan rings is 1. The number of benzene rings is 1. The summed E-state index contributed by atoms with van der Waals surface area (Å²) in [5.74, 6) is -0.580. The monoisotopic (exact) mass is 461 g/mol. The van der Waals surface area contributed by atoms with Crippen LogP contribution in [0.4, 0.5) is 13.9 Å². The molecule has 3 aromatic heterocycles. The minimum absolute atomic E-state index is 0.114. The summed E-state index contributed by atoms with van der Waals surface area (Å²) in [6.45, 7) is 4.47. The fourth-order valence-electron chi connectivity index (χ4n) is 2.90. The second-order valence-corrected chi connectivity index (χ2v) is 8.25. The number of aryl methyl sites for hydroxylation is 1. The van der Waals surface area contributed by atoms with Gasteiger partial charge in [0.1, 0.15) is 5.76 Å². The van der Waals surface area contributed by atoms with Crippen molar-refractivity contribution in [1.29, 1.82) is 0 Å². The number of hydrogen-bond acceptors (Lipinski definition) is 7. The molecule has 160 valence electrons. The molecule has 0 bridgehead atoms. The quantitative estimate of drug-likeness (QED) is 0.390. The van der Waals surface area contributed by atoms with Gasteiger partial charge in [-0.3, -0.25) is 4.79 Å². The van der Waals surface area contributed by atoms with Crippen molar-refractivity contribution < 1.29 is 18.0 Å². The van der Waals surface area contributed by atoms with Crippen molar-refractivity contribution >= 4 is 34.1 Å². The van der Waals surface area contributed by atoms with Gasteiger partial charge in [0.15, 0.2) is 27.7 Å². The van der Waals surface area contributed by atoms with E-state index in [2.05, 4.69) is 20.5 Å². The molecule has 0 fully saturated rings. The molecule has 0 radical (unpaired) electrons. The van der Waals surface area contributed by atoms with Crippen molar-refractivity contribution in [2.75, 3.05) is 11.1 Å². The molecule has 4 rings (SSSR count). The van der Waals surface area contributed by atoms with E-state index in [0.717, 1.165) is 23.5 Å². The number of carbonyl (C=O) groups is 1. The maximum atomic E-state index is 13.4. The van der Waals surface area contributed by atoms with Gasteiger partial charge in [-0.05, 0) is 38.1 Å². The van der Waals surface area contributed by atoms with Gasteiger partial charge >= 0.3 is 0 Å². The van der Waals surface area contributed by atoms with Crippen LogP contribution in [0.15, 0.2) is 45.5 Å². The summed E-state index contributed by atoms with van der Waals surface area (Å²) in [7, 11) is 0. The molecule has 1 aromatic carbocycles. The SMILES string of the molecule is CCn1c(SCC(=O)Nc2nc(-c3ccc(F)c(F)c3)cs2)nnc1-c1ccoc1C. The summed E-state index contributed by atoms with van der Waals surface area (Å²) < 4.78 is 33.8. The molecule has 0 saturated carbocycles. The number of anilines is 1. The van der Waals surface area contributed by atoms with Gasteiger partial charge in [-0.2, -0.15) is 0 Å². The van der Waals surface area contributed by atoms with Crippen molar-refractivity contribution in [2.45, 2.75) is 25.5 Å². The smallest absolute Gasteiger partial charge is 0.236 e. The van der Waals surface area contributed by atoms with Crippen molar-refractivity contribution in [3.63, 3.8) is 0 Å². The van der Waals surface area contributed by atoms with Crippen LogP contribution in [0.3, 0.4) is 0 Å². The first-order chi connectivity index (χ1) is 15.0. The van der Waals surface area contributed by atoms with E-state index in [4.69, 9.17) is 4.42 Å². The van der Waals surface area contributed by atoms with Gasteiger partial charge in [-0.1, -0.05) is 11.8 Å². The Morgan fingerprint density at radius 2 is 2.10 bits per heavy atom. The van der Waals surface area contributed by atoms with Crippen molar-refractivity contribution in [3.05, 3.63) is 53.3 Å². The third-order valence-electron chi connectivity index (χ3n) is 4.43. The number of carbonyl (C=O) groups excluding carboxylic acids is 1. The molecular formula is C20H17F2N5O2S2. The standard InChI is InChI=1S/C20H17F2N5O2S2/c1-3-27-18(13-6-7-29-11(13)2)25-26-20(27)31-10-17(28)24-19-23-16(9-30-19)12-4-5-14(21)15(22)8-12/h4-9H,3,10H2,1-2H3,(H,23,24,28). The van der Waals surface area contributed by atoms with E-state index in [0.29, 0.717) is 33.9 Å². The molecule has 0 atom stereocenters. The van der Waals surface area contributed by atoms with Crippen LogP contribution in [0.5, 0.6) is 0 Å². The Labute approximate surface area is 184 Å². The number of amides is 1. The van der Waals surface area contributed by atoms with Crippen LogP contribution in [-0.2, 0) is 11.3 Å². The van der Waals surface area contributed by atoms with Crippen molar-refractivity contribution in [3.8, 4) is 22.6 Å². The first-order valence-electron chi connectivity index (χ1n) is 9.27. The molecule has 3 heterocycles. The Hall–Kier alpha value is -3.05. The predicted octanol–water partition coefficient (Wildman–Crippen LogP) is 5.00. The number of aromatic nitrogens is 4. The molecule has 0 aliphatic carbocycles. The lowest BCUT2D eigenvalue weighted by Crippen LogP contribution is -2.14. The lowest BCUT2D eigenvalue weighted by atomic mass is 10.2. The van der Waals surface area contributed by atoms with Gasteiger partial charge in [0.2, 0.25) is 5.91 Å². The number of thioether (sulfide) groups is 1. The summed E-state index contributed by atoms with van der Waals surface area (Å²) in [5, 5.41) is 13.8. The molecule has 0 spiro atoms. The van der Waals surface area contributed by atoms with Crippen LogP contribution < -0.4 is 5.32 Å². The summed E-state index contributed by atoms with van der Waals surface area (Å²) in [4.78, 5) is 16.6. The average Bonchev–Trinajstić information content (AvgIpc) is 3.48. The molecule has 31 heavy (non-hydrogen) atoms. The molecule has 0 aliphatic rings. The summed E-state index contributed by atoms with van der Waals surface area (Å²) in [6.07, 6.45) is 1.60. The van der Waals surface area contributed by atoms with Crippen LogP contribution in [0.2, 0.25) is 0 Å². The van der Waals surface area contributed by atoms with Gasteiger partial charge in [0, 0.05) is 17.5 Å². The predicted molar refractivity (Wildman–Crippen MR) is 115 cm³/mol. The molecule has 0 saturated heterocycles. The molecule has 4 aromatic rings. The second kappa shape index (κ2) is 8.98. The molecule has 1 amide bonds. The van der Waals surface area contributed by atoms with E-state index in [-0.39, 0.29) is 11.7 Å². The van der Waals surface area contributed by atoms with Crippen LogP contribution in [-0.4, -0.2) is 31.4 Å². The van der Waals surface area contributed by atoms with E-state index in [9.17, 15) is 13.6 Å². The highest BCUT2D eigenvalue weighted by Crippen LogP contribution is 2.28. The Morgan fingerprint density at radius 1 is 1.26 bits per heavy atom. The molecular weight excluding hydrogens is 444 g/mol. The van der Waals surface area contributed by atoms with Crippen LogP contribution >= 0.6 is 23.1 Å². The van der Waals surface area contributed by atoms with E-state index in [1.807, 2.05) is 24.5 Å².